The molecule has 1 rings (SSSR count). The molecule has 0 aromatic rings. The Bertz CT molecular complexity index is 236. The van der Waals surface area contributed by atoms with Crippen LogP contribution in [0.3, 0.4) is 0 Å². The number of allylic oxidation sites excluding steroid dienone is 2. The van der Waals surface area contributed by atoms with Gasteiger partial charge in [-0.3, -0.25) is 0 Å². The van der Waals surface area contributed by atoms with E-state index in [-0.39, 0.29) is 0 Å². The Kier molecular flexibility index (Phi) is 4.40. The van der Waals surface area contributed by atoms with Gasteiger partial charge in [-0.2, -0.15) is 0 Å². The molecule has 0 radical (unpaired) electrons. The fourth-order valence-corrected chi connectivity index (χ4v) is 1.73. The second kappa shape index (κ2) is 5.35. The summed E-state index contributed by atoms with van der Waals surface area (Å²) in [6.07, 6.45) is 5.78. The Balaban J connectivity index is 2.43. The van der Waals surface area contributed by atoms with Gasteiger partial charge in [-0.05, 0) is 37.3 Å². The standard InChI is InChI=1S/C13H23N/c1-10(2)8-14-9-13-7-5-6-11(3)12(13)4/h5,7,10-11,14H,6,8-9H2,1-4H3. The van der Waals surface area contributed by atoms with Crippen molar-refractivity contribution in [1.29, 1.82) is 0 Å². The molecule has 0 aromatic heterocycles. The second-order valence-electron chi connectivity index (χ2n) is 4.77. The number of hydrogen-bond donors (Lipinski definition) is 1. The molecule has 0 aliphatic heterocycles. The molecule has 0 spiro atoms. The van der Waals surface area contributed by atoms with E-state index in [0.29, 0.717) is 0 Å². The van der Waals surface area contributed by atoms with Crippen molar-refractivity contribution in [2.24, 2.45) is 11.8 Å². The van der Waals surface area contributed by atoms with Crippen molar-refractivity contribution in [2.45, 2.75) is 34.1 Å². The third kappa shape index (κ3) is 3.30. The van der Waals surface area contributed by atoms with E-state index < -0.39 is 0 Å². The molecule has 1 atom stereocenters. The Labute approximate surface area is 88.3 Å². The highest BCUT2D eigenvalue weighted by atomic mass is 14.9. The van der Waals surface area contributed by atoms with Gasteiger partial charge < -0.3 is 5.32 Å². The fraction of sp³-hybridized carbons (Fsp3) is 0.692. The van der Waals surface area contributed by atoms with Gasteiger partial charge in [-0.15, -0.1) is 0 Å². The van der Waals surface area contributed by atoms with Crippen LogP contribution in [0.5, 0.6) is 0 Å². The van der Waals surface area contributed by atoms with Gasteiger partial charge in [0, 0.05) is 6.54 Å². The predicted molar refractivity (Wildman–Crippen MR) is 63.3 cm³/mol. The minimum Gasteiger partial charge on any atom is -0.312 e. The zero-order chi connectivity index (χ0) is 10.6. The topological polar surface area (TPSA) is 12.0 Å². The lowest BCUT2D eigenvalue weighted by Gasteiger charge is -2.19. The van der Waals surface area contributed by atoms with E-state index in [1.165, 1.54) is 12.0 Å². The summed E-state index contributed by atoms with van der Waals surface area (Å²) in [5, 5.41) is 3.50. The van der Waals surface area contributed by atoms with Crippen LogP contribution < -0.4 is 5.32 Å². The molecule has 1 nitrogen and oxygen atoms in total. The van der Waals surface area contributed by atoms with Crippen molar-refractivity contribution in [2.75, 3.05) is 13.1 Å². The third-order valence-corrected chi connectivity index (χ3v) is 2.92. The largest absolute Gasteiger partial charge is 0.312 e. The fourth-order valence-electron chi connectivity index (χ4n) is 1.73. The Hall–Kier alpha value is -0.560. The first-order chi connectivity index (χ1) is 6.61. The van der Waals surface area contributed by atoms with Gasteiger partial charge >= 0.3 is 0 Å². The van der Waals surface area contributed by atoms with E-state index in [1.807, 2.05) is 0 Å². The average molecular weight is 193 g/mol. The van der Waals surface area contributed by atoms with E-state index in [9.17, 15) is 0 Å². The van der Waals surface area contributed by atoms with Crippen molar-refractivity contribution < 1.29 is 0 Å². The zero-order valence-electron chi connectivity index (χ0n) is 9.93. The van der Waals surface area contributed by atoms with Crippen LogP contribution in [0.25, 0.3) is 0 Å². The van der Waals surface area contributed by atoms with Crippen molar-refractivity contribution in [3.63, 3.8) is 0 Å². The maximum Gasteiger partial charge on any atom is 0.0205 e. The molecule has 0 saturated carbocycles. The molecule has 0 amide bonds. The van der Waals surface area contributed by atoms with E-state index in [1.54, 1.807) is 5.57 Å². The summed E-state index contributed by atoms with van der Waals surface area (Å²) in [5.74, 6) is 1.47. The van der Waals surface area contributed by atoms with Crippen LogP contribution in [-0.2, 0) is 0 Å². The molecule has 1 heteroatoms. The first-order valence-electron chi connectivity index (χ1n) is 5.68. The van der Waals surface area contributed by atoms with Crippen molar-refractivity contribution >= 4 is 0 Å². The molecular formula is C13H23N. The summed E-state index contributed by atoms with van der Waals surface area (Å²) in [7, 11) is 0. The van der Waals surface area contributed by atoms with Crippen LogP contribution in [-0.4, -0.2) is 13.1 Å². The van der Waals surface area contributed by atoms with Gasteiger partial charge in [0.15, 0.2) is 0 Å². The summed E-state index contributed by atoms with van der Waals surface area (Å²) >= 11 is 0. The van der Waals surface area contributed by atoms with Crippen molar-refractivity contribution in [3.8, 4) is 0 Å². The SMILES string of the molecule is CC1=C(CNCC(C)C)C=CCC1C. The maximum atomic E-state index is 3.50. The molecular weight excluding hydrogens is 170 g/mol. The van der Waals surface area contributed by atoms with Gasteiger partial charge in [0.25, 0.3) is 0 Å². The quantitative estimate of drug-likeness (QED) is 0.723. The third-order valence-electron chi connectivity index (χ3n) is 2.92. The lowest BCUT2D eigenvalue weighted by molar-refractivity contribution is 0.567. The van der Waals surface area contributed by atoms with Crippen LogP contribution in [0.15, 0.2) is 23.3 Å². The molecule has 0 bridgehead atoms. The first-order valence-corrected chi connectivity index (χ1v) is 5.68. The van der Waals surface area contributed by atoms with Crippen LogP contribution >= 0.6 is 0 Å². The van der Waals surface area contributed by atoms with Gasteiger partial charge in [-0.25, -0.2) is 0 Å². The summed E-state index contributed by atoms with van der Waals surface area (Å²) in [5.41, 5.74) is 3.05. The molecule has 14 heavy (non-hydrogen) atoms. The second-order valence-corrected chi connectivity index (χ2v) is 4.77. The van der Waals surface area contributed by atoms with E-state index in [4.69, 9.17) is 0 Å². The van der Waals surface area contributed by atoms with Crippen molar-refractivity contribution in [1.82, 2.24) is 5.32 Å². The van der Waals surface area contributed by atoms with Crippen LogP contribution in [0.4, 0.5) is 0 Å². The lowest BCUT2D eigenvalue weighted by Crippen LogP contribution is -2.23. The molecule has 0 fully saturated rings. The van der Waals surface area contributed by atoms with Crippen LogP contribution in [0.2, 0.25) is 0 Å². The summed E-state index contributed by atoms with van der Waals surface area (Å²) in [6, 6.07) is 0. The zero-order valence-corrected chi connectivity index (χ0v) is 9.93. The summed E-state index contributed by atoms with van der Waals surface area (Å²) < 4.78 is 0. The average Bonchev–Trinajstić information content (AvgIpc) is 2.12. The lowest BCUT2D eigenvalue weighted by atomic mass is 9.89. The normalized spacial score (nSPS) is 22.2. The molecule has 0 heterocycles. The van der Waals surface area contributed by atoms with Gasteiger partial charge in [0.1, 0.15) is 0 Å². The minimum absolute atomic E-state index is 0.732. The number of nitrogens with one attached hydrogen (secondary N) is 1. The molecule has 1 N–H and O–H groups in total. The summed E-state index contributed by atoms with van der Waals surface area (Å²) in [4.78, 5) is 0. The van der Waals surface area contributed by atoms with E-state index in [2.05, 4.69) is 45.2 Å². The Morgan fingerprint density at radius 3 is 2.86 bits per heavy atom. The monoisotopic (exact) mass is 193 g/mol. The van der Waals surface area contributed by atoms with Gasteiger partial charge in [-0.1, -0.05) is 38.5 Å². The molecule has 1 unspecified atom stereocenters. The molecule has 0 aromatic carbocycles. The van der Waals surface area contributed by atoms with E-state index in [0.717, 1.165) is 24.9 Å². The maximum absolute atomic E-state index is 3.50. The van der Waals surface area contributed by atoms with Crippen LogP contribution in [0.1, 0.15) is 34.1 Å². The Morgan fingerprint density at radius 1 is 1.50 bits per heavy atom. The highest BCUT2D eigenvalue weighted by Gasteiger charge is 2.10. The molecule has 0 saturated heterocycles. The van der Waals surface area contributed by atoms with Gasteiger partial charge in [0.05, 0.1) is 0 Å². The first kappa shape index (κ1) is 11.5. The molecule has 1 aliphatic carbocycles. The van der Waals surface area contributed by atoms with Crippen LogP contribution in [0, 0.1) is 11.8 Å². The number of hydrogen-bond acceptors (Lipinski definition) is 1. The van der Waals surface area contributed by atoms with E-state index >= 15 is 0 Å². The smallest absolute Gasteiger partial charge is 0.0205 e. The van der Waals surface area contributed by atoms with Crippen molar-refractivity contribution in [3.05, 3.63) is 23.3 Å². The van der Waals surface area contributed by atoms with Gasteiger partial charge in [0.2, 0.25) is 0 Å². The molecule has 80 valence electrons. The highest BCUT2D eigenvalue weighted by Crippen LogP contribution is 2.23. The predicted octanol–water partition coefficient (Wildman–Crippen LogP) is 3.14. The number of rotatable bonds is 4. The highest BCUT2D eigenvalue weighted by molar-refractivity contribution is 5.31. The minimum atomic E-state index is 0.732. The Morgan fingerprint density at radius 2 is 2.21 bits per heavy atom. The summed E-state index contributed by atoms with van der Waals surface area (Å²) in [6.45, 7) is 11.2. The molecule has 1 aliphatic rings.